The van der Waals surface area contributed by atoms with E-state index in [0.29, 0.717) is 19.1 Å². The van der Waals surface area contributed by atoms with Crippen LogP contribution in [0.25, 0.3) is 0 Å². The smallest absolute Gasteiger partial charge is 0.127 e. The number of nitrogens with one attached hydrogen (secondary N) is 1. The van der Waals surface area contributed by atoms with Crippen LogP contribution in [0, 0.1) is 18.2 Å². The third-order valence-electron chi connectivity index (χ3n) is 3.07. The van der Waals surface area contributed by atoms with E-state index >= 15 is 0 Å². The highest BCUT2D eigenvalue weighted by atomic mass is 19.1. The number of benzene rings is 1. The Bertz CT molecular complexity index is 449. The highest BCUT2D eigenvalue weighted by Gasteiger charge is 2.09. The minimum absolute atomic E-state index is 0.156. The van der Waals surface area contributed by atoms with Crippen molar-refractivity contribution in [2.75, 3.05) is 13.1 Å². The van der Waals surface area contributed by atoms with Crippen molar-refractivity contribution in [2.45, 2.75) is 46.3 Å². The van der Waals surface area contributed by atoms with Crippen molar-refractivity contribution in [1.82, 2.24) is 10.2 Å². The minimum atomic E-state index is -0.156. The molecule has 0 atom stereocenters. The predicted molar refractivity (Wildman–Crippen MR) is 82.8 cm³/mol. The highest BCUT2D eigenvalue weighted by molar-refractivity contribution is 5.25. The molecule has 0 aliphatic heterocycles. The summed E-state index contributed by atoms with van der Waals surface area (Å²) in [6.45, 7) is 9.07. The quantitative estimate of drug-likeness (QED) is 0.734. The standard InChI is InChI=1S/C17H25FN2/c1-5-9-20(10-6-2)13-16-11-15(7-8-17(16)18)12-19-14(3)4/h1,7-8,11,14,19H,6,9-10,12-13H2,2-4H3. The monoisotopic (exact) mass is 276 g/mol. The first-order valence-corrected chi connectivity index (χ1v) is 7.23. The topological polar surface area (TPSA) is 15.3 Å². The summed E-state index contributed by atoms with van der Waals surface area (Å²) in [7, 11) is 0. The molecule has 1 rings (SSSR count). The van der Waals surface area contributed by atoms with E-state index in [0.717, 1.165) is 30.6 Å². The maximum absolute atomic E-state index is 13.9. The second-order valence-corrected chi connectivity index (χ2v) is 5.38. The summed E-state index contributed by atoms with van der Waals surface area (Å²) in [5.41, 5.74) is 1.82. The van der Waals surface area contributed by atoms with E-state index in [1.807, 2.05) is 12.1 Å². The molecule has 0 spiro atoms. The molecule has 3 heteroatoms. The highest BCUT2D eigenvalue weighted by Crippen LogP contribution is 2.13. The fourth-order valence-electron chi connectivity index (χ4n) is 2.08. The van der Waals surface area contributed by atoms with Gasteiger partial charge >= 0.3 is 0 Å². The number of hydrogen-bond acceptors (Lipinski definition) is 2. The Labute approximate surface area is 122 Å². The second-order valence-electron chi connectivity index (χ2n) is 5.38. The Kier molecular flexibility index (Phi) is 7.28. The number of rotatable bonds is 8. The molecule has 20 heavy (non-hydrogen) atoms. The molecule has 0 amide bonds. The number of halogens is 1. The van der Waals surface area contributed by atoms with E-state index in [9.17, 15) is 4.39 Å². The lowest BCUT2D eigenvalue weighted by Gasteiger charge is -2.20. The number of nitrogens with zero attached hydrogens (tertiary/aromatic N) is 1. The van der Waals surface area contributed by atoms with Crippen LogP contribution in [0.4, 0.5) is 4.39 Å². The summed E-state index contributed by atoms with van der Waals surface area (Å²) < 4.78 is 13.9. The zero-order valence-electron chi connectivity index (χ0n) is 12.7. The van der Waals surface area contributed by atoms with Crippen molar-refractivity contribution in [3.63, 3.8) is 0 Å². The Balaban J connectivity index is 2.76. The van der Waals surface area contributed by atoms with Crippen LogP contribution in [0.2, 0.25) is 0 Å². The largest absolute Gasteiger partial charge is 0.310 e. The molecule has 110 valence electrons. The van der Waals surface area contributed by atoms with Crippen molar-refractivity contribution < 1.29 is 4.39 Å². The van der Waals surface area contributed by atoms with Gasteiger partial charge in [0.25, 0.3) is 0 Å². The van der Waals surface area contributed by atoms with Crippen LogP contribution in [-0.2, 0) is 13.1 Å². The van der Waals surface area contributed by atoms with Gasteiger partial charge in [0.2, 0.25) is 0 Å². The van der Waals surface area contributed by atoms with Gasteiger partial charge in [0.05, 0.1) is 6.54 Å². The summed E-state index contributed by atoms with van der Waals surface area (Å²) in [6, 6.07) is 5.73. The molecule has 1 N–H and O–H groups in total. The van der Waals surface area contributed by atoms with E-state index in [2.05, 4.69) is 36.9 Å². The van der Waals surface area contributed by atoms with E-state index in [1.54, 1.807) is 6.07 Å². The van der Waals surface area contributed by atoms with Crippen LogP contribution in [0.1, 0.15) is 38.3 Å². The lowest BCUT2D eigenvalue weighted by atomic mass is 10.1. The first kappa shape index (κ1) is 16.7. The van der Waals surface area contributed by atoms with Crippen molar-refractivity contribution in [1.29, 1.82) is 0 Å². The molecule has 0 aliphatic carbocycles. The molecule has 2 nitrogen and oxygen atoms in total. The van der Waals surface area contributed by atoms with Gasteiger partial charge in [-0.25, -0.2) is 4.39 Å². The van der Waals surface area contributed by atoms with Crippen molar-refractivity contribution >= 4 is 0 Å². The van der Waals surface area contributed by atoms with Gasteiger partial charge in [-0.05, 0) is 24.6 Å². The zero-order valence-corrected chi connectivity index (χ0v) is 12.7. The molecule has 0 aromatic heterocycles. The maximum Gasteiger partial charge on any atom is 0.127 e. The van der Waals surface area contributed by atoms with Crippen LogP contribution in [0.5, 0.6) is 0 Å². The third-order valence-corrected chi connectivity index (χ3v) is 3.07. The third kappa shape index (κ3) is 5.73. The van der Waals surface area contributed by atoms with Crippen molar-refractivity contribution in [3.8, 4) is 12.3 Å². The Morgan fingerprint density at radius 1 is 1.40 bits per heavy atom. The first-order valence-electron chi connectivity index (χ1n) is 7.23. The van der Waals surface area contributed by atoms with Gasteiger partial charge in [-0.3, -0.25) is 4.90 Å². The van der Waals surface area contributed by atoms with Crippen LogP contribution in [0.15, 0.2) is 18.2 Å². The molecule has 1 aromatic rings. The molecule has 0 radical (unpaired) electrons. The fraction of sp³-hybridized carbons (Fsp3) is 0.529. The molecule has 0 saturated carbocycles. The number of hydrogen-bond donors (Lipinski definition) is 1. The Morgan fingerprint density at radius 2 is 2.15 bits per heavy atom. The van der Waals surface area contributed by atoms with E-state index < -0.39 is 0 Å². The molecule has 1 aromatic carbocycles. The van der Waals surface area contributed by atoms with Gasteiger partial charge in [0.1, 0.15) is 5.82 Å². The van der Waals surface area contributed by atoms with Gasteiger partial charge in [0.15, 0.2) is 0 Å². The molecule has 0 unspecified atom stereocenters. The second kappa shape index (κ2) is 8.73. The average molecular weight is 276 g/mol. The molecule has 0 aliphatic rings. The van der Waals surface area contributed by atoms with Crippen molar-refractivity contribution in [3.05, 3.63) is 35.1 Å². The summed E-state index contributed by atoms with van der Waals surface area (Å²) in [5.74, 6) is 2.48. The minimum Gasteiger partial charge on any atom is -0.310 e. The van der Waals surface area contributed by atoms with Gasteiger partial charge in [0, 0.05) is 24.7 Å². The summed E-state index contributed by atoms with van der Waals surface area (Å²) in [6.07, 6.45) is 6.38. The molecular weight excluding hydrogens is 251 g/mol. The van der Waals surface area contributed by atoms with E-state index in [-0.39, 0.29) is 5.82 Å². The van der Waals surface area contributed by atoms with Crippen molar-refractivity contribution in [2.24, 2.45) is 0 Å². The summed E-state index contributed by atoms with van der Waals surface area (Å²) >= 11 is 0. The van der Waals surface area contributed by atoms with Crippen LogP contribution >= 0.6 is 0 Å². The van der Waals surface area contributed by atoms with E-state index in [4.69, 9.17) is 6.42 Å². The summed E-state index contributed by atoms with van der Waals surface area (Å²) in [4.78, 5) is 2.10. The zero-order chi connectivity index (χ0) is 15.0. The Hall–Kier alpha value is -1.37. The SMILES string of the molecule is C#CCN(CCC)Cc1cc(CNC(C)C)ccc1F. The van der Waals surface area contributed by atoms with Gasteiger partial charge in [-0.2, -0.15) is 0 Å². The first-order chi connectivity index (χ1) is 9.56. The normalized spacial score (nSPS) is 11.1. The van der Waals surface area contributed by atoms with Gasteiger partial charge in [-0.1, -0.05) is 38.8 Å². The lowest BCUT2D eigenvalue weighted by Crippen LogP contribution is -2.25. The fourth-order valence-corrected chi connectivity index (χ4v) is 2.08. The number of terminal acetylenes is 1. The average Bonchev–Trinajstić information content (AvgIpc) is 2.40. The molecule has 0 fully saturated rings. The molecule has 0 bridgehead atoms. The van der Waals surface area contributed by atoms with Crippen LogP contribution in [0.3, 0.4) is 0 Å². The van der Waals surface area contributed by atoms with Crippen LogP contribution in [-0.4, -0.2) is 24.0 Å². The maximum atomic E-state index is 13.9. The molecular formula is C17H25FN2. The van der Waals surface area contributed by atoms with E-state index in [1.165, 1.54) is 0 Å². The van der Waals surface area contributed by atoms with Gasteiger partial charge < -0.3 is 5.32 Å². The Morgan fingerprint density at radius 3 is 2.75 bits per heavy atom. The lowest BCUT2D eigenvalue weighted by molar-refractivity contribution is 0.295. The molecule has 0 heterocycles. The molecule has 0 saturated heterocycles. The predicted octanol–water partition coefficient (Wildman–Crippen LogP) is 3.17. The van der Waals surface area contributed by atoms with Gasteiger partial charge in [-0.15, -0.1) is 6.42 Å². The summed E-state index contributed by atoms with van der Waals surface area (Å²) in [5, 5.41) is 3.34. The van der Waals surface area contributed by atoms with Crippen LogP contribution < -0.4 is 5.32 Å².